The van der Waals surface area contributed by atoms with Crippen LogP contribution in [0.2, 0.25) is 0 Å². The zero-order chi connectivity index (χ0) is 24.1. The summed E-state index contributed by atoms with van der Waals surface area (Å²) in [5.41, 5.74) is 4.36. The first kappa shape index (κ1) is 23.2. The van der Waals surface area contributed by atoms with Crippen molar-refractivity contribution in [2.24, 2.45) is 0 Å². The highest BCUT2D eigenvalue weighted by atomic mass is 19.1. The molecule has 2 aromatic carbocycles. The predicted octanol–water partition coefficient (Wildman–Crippen LogP) is 5.85. The molecule has 1 N–H and O–H groups in total. The number of hydrogen-bond donors (Lipinski definition) is 1. The number of halogens is 1. The zero-order valence-corrected chi connectivity index (χ0v) is 19.4. The summed E-state index contributed by atoms with van der Waals surface area (Å²) in [6.45, 7) is 7.89. The van der Waals surface area contributed by atoms with Crippen LogP contribution in [-0.2, 0) is 13.0 Å². The van der Waals surface area contributed by atoms with E-state index in [0.29, 0.717) is 24.5 Å². The molecule has 4 aromatic rings. The molecule has 1 aliphatic rings. The third-order valence-corrected chi connectivity index (χ3v) is 5.73. The number of carbonyl (C=O) groups is 1. The van der Waals surface area contributed by atoms with E-state index in [1.165, 1.54) is 6.07 Å². The molecule has 5 rings (SSSR count). The van der Waals surface area contributed by atoms with Gasteiger partial charge < -0.3 is 14.6 Å². The highest BCUT2D eigenvalue weighted by molar-refractivity contribution is 5.98. The summed E-state index contributed by atoms with van der Waals surface area (Å²) in [5, 5.41) is 0.988. The number of rotatable bonds is 4. The number of aromatic amines is 1. The summed E-state index contributed by atoms with van der Waals surface area (Å²) in [6.07, 6.45) is 4.01. The summed E-state index contributed by atoms with van der Waals surface area (Å²) in [7, 11) is 0. The molecule has 174 valence electrons. The van der Waals surface area contributed by atoms with Crippen LogP contribution in [0.5, 0.6) is 5.88 Å². The summed E-state index contributed by atoms with van der Waals surface area (Å²) in [4.78, 5) is 22.8. The van der Waals surface area contributed by atoms with E-state index in [-0.39, 0.29) is 24.4 Å². The summed E-state index contributed by atoms with van der Waals surface area (Å²) in [6, 6.07) is 17.9. The largest absolute Gasteiger partial charge is 0.475 e. The number of hydrogen-bond acceptors (Lipinski definition) is 3. The van der Waals surface area contributed by atoms with Gasteiger partial charge in [0.2, 0.25) is 5.88 Å². The highest BCUT2D eigenvalue weighted by Gasteiger charge is 2.32. The van der Waals surface area contributed by atoms with Crippen molar-refractivity contribution in [2.75, 3.05) is 6.61 Å². The van der Waals surface area contributed by atoms with Crippen molar-refractivity contribution in [1.82, 2.24) is 14.9 Å². The Hall–Kier alpha value is -3.93. The highest BCUT2D eigenvalue weighted by Crippen LogP contribution is 2.27. The van der Waals surface area contributed by atoms with Crippen LogP contribution in [0.1, 0.15) is 34.1 Å². The Morgan fingerprint density at radius 1 is 1.21 bits per heavy atom. The van der Waals surface area contributed by atoms with Crippen LogP contribution in [0.15, 0.2) is 79.5 Å². The molecule has 0 unspecified atom stereocenters. The number of aryl methyl sites for hydroxylation is 1. The topological polar surface area (TPSA) is 58.2 Å². The van der Waals surface area contributed by atoms with Gasteiger partial charge in [-0.1, -0.05) is 36.4 Å². The monoisotopic (exact) mass is 457 g/mol. The third kappa shape index (κ3) is 5.17. The van der Waals surface area contributed by atoms with Crippen LogP contribution in [0.3, 0.4) is 0 Å². The van der Waals surface area contributed by atoms with Crippen molar-refractivity contribution in [2.45, 2.75) is 32.9 Å². The summed E-state index contributed by atoms with van der Waals surface area (Å²) < 4.78 is 19.7. The van der Waals surface area contributed by atoms with Crippen LogP contribution < -0.4 is 4.74 Å². The van der Waals surface area contributed by atoms with E-state index in [9.17, 15) is 9.18 Å². The van der Waals surface area contributed by atoms with Gasteiger partial charge in [-0.25, -0.2) is 9.37 Å². The molecule has 0 radical (unpaired) electrons. The Morgan fingerprint density at radius 2 is 2.00 bits per heavy atom. The predicted molar refractivity (Wildman–Crippen MR) is 132 cm³/mol. The van der Waals surface area contributed by atoms with Crippen molar-refractivity contribution in [1.29, 1.82) is 0 Å². The maximum atomic E-state index is 13.8. The molecule has 34 heavy (non-hydrogen) atoms. The van der Waals surface area contributed by atoms with Gasteiger partial charge in [0.05, 0.1) is 6.04 Å². The molecule has 1 amide bonds. The molecule has 2 aromatic heterocycles. The summed E-state index contributed by atoms with van der Waals surface area (Å²) >= 11 is 0. The molecule has 0 spiro atoms. The van der Waals surface area contributed by atoms with E-state index in [0.717, 1.165) is 27.6 Å². The second-order valence-corrected chi connectivity index (χ2v) is 8.37. The number of aromatic nitrogens is 2. The van der Waals surface area contributed by atoms with Crippen LogP contribution in [-0.4, -0.2) is 33.4 Å². The van der Waals surface area contributed by atoms with Gasteiger partial charge in [-0.3, -0.25) is 4.79 Å². The van der Waals surface area contributed by atoms with Crippen molar-refractivity contribution < 1.29 is 13.9 Å². The average Bonchev–Trinajstić information content (AvgIpc) is 3.27. The number of carbonyl (C=O) groups excluding carboxylic acids is 1. The number of nitrogens with zero attached hydrogens (tertiary/aromatic N) is 2. The van der Waals surface area contributed by atoms with Gasteiger partial charge in [0.25, 0.3) is 5.91 Å². The minimum Gasteiger partial charge on any atom is -0.475 e. The quantitative estimate of drug-likeness (QED) is 0.391. The summed E-state index contributed by atoms with van der Waals surface area (Å²) in [5.74, 6) is 0.138. The van der Waals surface area contributed by atoms with E-state index in [4.69, 9.17) is 4.74 Å². The average molecular weight is 458 g/mol. The Morgan fingerprint density at radius 3 is 2.74 bits per heavy atom. The molecule has 1 aliphatic heterocycles. The lowest BCUT2D eigenvalue weighted by Crippen LogP contribution is -2.47. The fourth-order valence-electron chi connectivity index (χ4n) is 4.07. The Kier molecular flexibility index (Phi) is 7.07. The standard InChI is InChI=1S/C25H22FN3O2.C3H6/c1-16-6-9-24(27-13-16)31-15-21-11-19-10-20(26)8-7-18(19)14-29(21)25(30)23-12-17-4-2-3-5-22(17)28-23;1-3-2/h2-10,12-13,21,28H,11,14-15H2,1H3;3H,1H2,2H3/t21-;/m0./s1. The smallest absolute Gasteiger partial charge is 0.270 e. The molecule has 1 atom stereocenters. The van der Waals surface area contributed by atoms with Gasteiger partial charge in [0, 0.05) is 29.7 Å². The van der Waals surface area contributed by atoms with Crippen molar-refractivity contribution >= 4 is 16.8 Å². The van der Waals surface area contributed by atoms with Gasteiger partial charge in [-0.15, -0.1) is 6.58 Å². The Balaban J connectivity index is 0.000000868. The molecule has 6 heteroatoms. The van der Waals surface area contributed by atoms with Crippen LogP contribution in [0, 0.1) is 12.7 Å². The van der Waals surface area contributed by atoms with E-state index in [1.54, 1.807) is 29.3 Å². The Labute approximate surface area is 198 Å². The molecule has 0 bridgehead atoms. The van der Waals surface area contributed by atoms with E-state index in [1.807, 2.05) is 56.3 Å². The van der Waals surface area contributed by atoms with Crippen molar-refractivity contribution in [3.05, 3.63) is 108 Å². The minimum absolute atomic E-state index is 0.100. The first-order valence-corrected chi connectivity index (χ1v) is 11.3. The second kappa shape index (κ2) is 10.3. The van der Waals surface area contributed by atoms with Crippen LogP contribution in [0.25, 0.3) is 10.9 Å². The maximum Gasteiger partial charge on any atom is 0.270 e. The number of pyridine rings is 1. The number of allylic oxidation sites excluding steroid dienone is 1. The first-order valence-electron chi connectivity index (χ1n) is 11.3. The normalized spacial score (nSPS) is 14.7. The molecular weight excluding hydrogens is 429 g/mol. The third-order valence-electron chi connectivity index (χ3n) is 5.73. The minimum atomic E-state index is -0.269. The molecule has 0 saturated carbocycles. The fourth-order valence-corrected chi connectivity index (χ4v) is 4.07. The second-order valence-electron chi connectivity index (χ2n) is 8.37. The van der Waals surface area contributed by atoms with Crippen LogP contribution in [0.4, 0.5) is 4.39 Å². The molecular formula is C28H28FN3O2. The Bertz CT molecular complexity index is 1260. The van der Waals surface area contributed by atoms with Gasteiger partial charge in [-0.2, -0.15) is 0 Å². The van der Waals surface area contributed by atoms with E-state index < -0.39 is 0 Å². The molecule has 0 fully saturated rings. The van der Waals surface area contributed by atoms with Gasteiger partial charge >= 0.3 is 0 Å². The van der Waals surface area contributed by atoms with E-state index >= 15 is 0 Å². The molecule has 5 nitrogen and oxygen atoms in total. The van der Waals surface area contributed by atoms with Gasteiger partial charge in [0.15, 0.2) is 0 Å². The number of fused-ring (bicyclic) bond motifs is 2. The molecule has 0 saturated heterocycles. The van der Waals surface area contributed by atoms with Gasteiger partial charge in [0.1, 0.15) is 18.1 Å². The number of nitrogens with one attached hydrogen (secondary N) is 1. The number of benzene rings is 2. The molecule has 0 aliphatic carbocycles. The zero-order valence-electron chi connectivity index (χ0n) is 19.4. The lowest BCUT2D eigenvalue weighted by molar-refractivity contribution is 0.0557. The van der Waals surface area contributed by atoms with Crippen molar-refractivity contribution in [3.63, 3.8) is 0 Å². The van der Waals surface area contributed by atoms with Gasteiger partial charge in [-0.05, 0) is 61.2 Å². The number of H-pyrrole nitrogens is 1. The number of ether oxygens (including phenoxy) is 1. The van der Waals surface area contributed by atoms with Crippen molar-refractivity contribution in [3.8, 4) is 5.88 Å². The van der Waals surface area contributed by atoms with Crippen LogP contribution >= 0.6 is 0 Å². The SMILES string of the molecule is C=CC.Cc1ccc(OC[C@@H]2Cc3cc(F)ccc3CN2C(=O)c2cc3ccccc3[nH]2)nc1. The van der Waals surface area contributed by atoms with E-state index in [2.05, 4.69) is 16.5 Å². The first-order chi connectivity index (χ1) is 16.5. The molecule has 3 heterocycles. The fraction of sp³-hybridized carbons (Fsp3) is 0.214. The number of amides is 1. The number of para-hydroxylation sites is 1. The maximum absolute atomic E-state index is 13.8. The lowest BCUT2D eigenvalue weighted by Gasteiger charge is -2.36. The lowest BCUT2D eigenvalue weighted by atomic mass is 9.93.